The number of carbonyl (C=O) groups is 1. The smallest absolute Gasteiger partial charge is 0.154 e. The summed E-state index contributed by atoms with van der Waals surface area (Å²) >= 11 is 1.24. The monoisotopic (exact) mass is 145 g/mol. The molecule has 0 aromatic carbocycles. The van der Waals surface area contributed by atoms with Gasteiger partial charge in [0.2, 0.25) is 0 Å². The summed E-state index contributed by atoms with van der Waals surface area (Å²) in [5.74, 6) is -0.739. The van der Waals surface area contributed by atoms with Crippen molar-refractivity contribution in [2.24, 2.45) is 10.7 Å². The highest BCUT2D eigenvalue weighted by Crippen LogP contribution is 2.13. The number of hydrogen-bond donors (Lipinski definition) is 1. The van der Waals surface area contributed by atoms with Gasteiger partial charge < -0.3 is 15.6 Å². The minimum atomic E-state index is -1.15. The van der Waals surface area contributed by atoms with E-state index in [9.17, 15) is 9.90 Å². The molecule has 1 atom stereocenters. The lowest BCUT2D eigenvalue weighted by atomic mass is 10.4. The van der Waals surface area contributed by atoms with Crippen LogP contribution >= 0.6 is 11.8 Å². The number of nitrogens with two attached hydrogens (primary N) is 1. The highest BCUT2D eigenvalue weighted by Gasteiger charge is 2.15. The van der Waals surface area contributed by atoms with Crippen molar-refractivity contribution < 1.29 is 9.90 Å². The standard InChI is InChI=1S/C4H6N2O2S/c5-4-6-2(1-9-4)3(7)8/h2H,1H2,(H2,5,6)(H,7,8)/p-1/t2-/m0/s1. The topological polar surface area (TPSA) is 78.5 Å². The van der Waals surface area contributed by atoms with Gasteiger partial charge >= 0.3 is 0 Å². The Kier molecular flexibility index (Phi) is 1.61. The van der Waals surface area contributed by atoms with Crippen LogP contribution in [0.5, 0.6) is 0 Å². The maximum atomic E-state index is 10.1. The third kappa shape index (κ3) is 1.35. The van der Waals surface area contributed by atoms with Gasteiger partial charge in [0, 0.05) is 5.75 Å². The molecule has 0 spiro atoms. The summed E-state index contributed by atoms with van der Waals surface area (Å²) in [5.41, 5.74) is 5.18. The van der Waals surface area contributed by atoms with Crippen molar-refractivity contribution in [3.63, 3.8) is 0 Å². The van der Waals surface area contributed by atoms with E-state index in [1.165, 1.54) is 11.8 Å². The summed E-state index contributed by atoms with van der Waals surface area (Å²) in [6.45, 7) is 0. The molecule has 0 aliphatic carbocycles. The van der Waals surface area contributed by atoms with Crippen LogP contribution in [0.25, 0.3) is 0 Å². The predicted molar refractivity (Wildman–Crippen MR) is 32.9 cm³/mol. The van der Waals surface area contributed by atoms with Crippen LogP contribution in [-0.2, 0) is 4.79 Å². The van der Waals surface area contributed by atoms with E-state index in [0.29, 0.717) is 10.9 Å². The van der Waals surface area contributed by atoms with E-state index in [0.717, 1.165) is 0 Å². The Labute approximate surface area is 56.1 Å². The van der Waals surface area contributed by atoms with E-state index in [1.807, 2.05) is 0 Å². The second-order valence-electron chi connectivity index (χ2n) is 1.61. The summed E-state index contributed by atoms with van der Waals surface area (Å²) in [6.07, 6.45) is 0. The molecule has 5 heteroatoms. The van der Waals surface area contributed by atoms with E-state index < -0.39 is 12.0 Å². The van der Waals surface area contributed by atoms with Crippen molar-refractivity contribution in [3.8, 4) is 0 Å². The molecule has 2 N–H and O–H groups in total. The molecule has 0 fully saturated rings. The zero-order chi connectivity index (χ0) is 6.85. The molecule has 1 aliphatic heterocycles. The van der Waals surface area contributed by atoms with Gasteiger partial charge in [0.25, 0.3) is 0 Å². The quantitative estimate of drug-likeness (QED) is 0.470. The number of nitrogens with zero attached hydrogens (tertiary/aromatic N) is 1. The van der Waals surface area contributed by atoms with Crippen LogP contribution in [0.4, 0.5) is 0 Å². The highest BCUT2D eigenvalue weighted by atomic mass is 32.2. The van der Waals surface area contributed by atoms with Crippen molar-refractivity contribution in [2.45, 2.75) is 6.04 Å². The molecule has 0 radical (unpaired) electrons. The molecule has 1 heterocycles. The van der Waals surface area contributed by atoms with E-state index in [1.54, 1.807) is 0 Å². The fourth-order valence-corrected chi connectivity index (χ4v) is 1.25. The van der Waals surface area contributed by atoms with Crippen LogP contribution in [0.15, 0.2) is 4.99 Å². The molecule has 4 nitrogen and oxygen atoms in total. The number of aliphatic imine (C=N–C) groups is 1. The van der Waals surface area contributed by atoms with Crippen LogP contribution in [-0.4, -0.2) is 22.9 Å². The van der Waals surface area contributed by atoms with Gasteiger partial charge in [0.05, 0.1) is 5.97 Å². The first-order valence-electron chi connectivity index (χ1n) is 2.37. The van der Waals surface area contributed by atoms with Crippen LogP contribution < -0.4 is 10.8 Å². The average Bonchev–Trinajstić information content (AvgIpc) is 2.14. The number of amidine groups is 1. The van der Waals surface area contributed by atoms with Crippen molar-refractivity contribution in [2.75, 3.05) is 5.75 Å². The van der Waals surface area contributed by atoms with Crippen molar-refractivity contribution in [1.29, 1.82) is 0 Å². The molecule has 0 bridgehead atoms. The maximum absolute atomic E-state index is 10.1. The van der Waals surface area contributed by atoms with Crippen molar-refractivity contribution in [3.05, 3.63) is 0 Å². The van der Waals surface area contributed by atoms with E-state index in [-0.39, 0.29) is 0 Å². The van der Waals surface area contributed by atoms with Gasteiger partial charge in [0.1, 0.15) is 6.04 Å². The van der Waals surface area contributed by atoms with Gasteiger partial charge in [-0.3, -0.25) is 4.99 Å². The lowest BCUT2D eigenvalue weighted by molar-refractivity contribution is -0.306. The Morgan fingerprint density at radius 3 is 2.89 bits per heavy atom. The van der Waals surface area contributed by atoms with Gasteiger partial charge in [-0.2, -0.15) is 0 Å². The van der Waals surface area contributed by atoms with Crippen LogP contribution in [0.3, 0.4) is 0 Å². The Morgan fingerprint density at radius 2 is 2.67 bits per heavy atom. The van der Waals surface area contributed by atoms with Gasteiger partial charge in [-0.1, -0.05) is 11.8 Å². The van der Waals surface area contributed by atoms with Crippen molar-refractivity contribution >= 4 is 22.9 Å². The van der Waals surface area contributed by atoms with Gasteiger partial charge in [-0.15, -0.1) is 0 Å². The minimum absolute atomic E-state index is 0.337. The van der Waals surface area contributed by atoms with Crippen LogP contribution in [0, 0.1) is 0 Å². The molecule has 0 aromatic rings. The summed E-state index contributed by atoms with van der Waals surface area (Å²) in [5, 5.41) is 10.4. The molecule has 9 heavy (non-hydrogen) atoms. The van der Waals surface area contributed by atoms with Gasteiger partial charge in [-0.25, -0.2) is 0 Å². The predicted octanol–water partition coefficient (Wildman–Crippen LogP) is -1.83. The average molecular weight is 145 g/mol. The Bertz CT molecular complexity index is 168. The second kappa shape index (κ2) is 2.26. The Morgan fingerprint density at radius 1 is 2.00 bits per heavy atom. The molecule has 0 saturated heterocycles. The second-order valence-corrected chi connectivity index (χ2v) is 2.65. The molecule has 0 aromatic heterocycles. The van der Waals surface area contributed by atoms with Gasteiger partial charge in [0.15, 0.2) is 5.17 Å². The minimum Gasteiger partial charge on any atom is -0.548 e. The maximum Gasteiger partial charge on any atom is 0.154 e. The molecule has 1 rings (SSSR count). The summed E-state index contributed by atoms with van der Waals surface area (Å²) < 4.78 is 0. The highest BCUT2D eigenvalue weighted by molar-refractivity contribution is 8.14. The molecule has 50 valence electrons. The Hall–Kier alpha value is -0.710. The fourth-order valence-electron chi connectivity index (χ4n) is 0.513. The number of thioether (sulfide) groups is 1. The van der Waals surface area contributed by atoms with E-state index in [2.05, 4.69) is 4.99 Å². The number of carboxylic acids is 1. The summed E-state index contributed by atoms with van der Waals surface area (Å²) in [4.78, 5) is 13.6. The summed E-state index contributed by atoms with van der Waals surface area (Å²) in [6, 6.07) is -0.727. The molecule has 1 aliphatic rings. The van der Waals surface area contributed by atoms with E-state index in [4.69, 9.17) is 5.73 Å². The lowest BCUT2D eigenvalue weighted by Crippen LogP contribution is -2.34. The molecule has 0 amide bonds. The third-order valence-corrected chi connectivity index (χ3v) is 1.83. The number of carboxylic acid groups (broad SMARTS) is 1. The zero-order valence-electron chi connectivity index (χ0n) is 4.53. The normalized spacial score (nSPS) is 25.8. The first kappa shape index (κ1) is 6.41. The molecule has 0 unspecified atom stereocenters. The Balaban J connectivity index is 2.57. The fraction of sp³-hybridized carbons (Fsp3) is 0.500. The third-order valence-electron chi connectivity index (χ3n) is 0.944. The first-order valence-corrected chi connectivity index (χ1v) is 3.35. The first-order chi connectivity index (χ1) is 4.20. The summed E-state index contributed by atoms with van der Waals surface area (Å²) in [7, 11) is 0. The molecular weight excluding hydrogens is 140 g/mol. The molecule has 0 saturated carbocycles. The van der Waals surface area contributed by atoms with Crippen molar-refractivity contribution in [1.82, 2.24) is 0 Å². The largest absolute Gasteiger partial charge is 0.548 e. The molecular formula is C4H5N2O2S-. The van der Waals surface area contributed by atoms with Crippen LogP contribution in [0.2, 0.25) is 0 Å². The van der Waals surface area contributed by atoms with Gasteiger partial charge in [-0.05, 0) is 0 Å². The van der Waals surface area contributed by atoms with E-state index >= 15 is 0 Å². The number of carbonyl (C=O) groups excluding carboxylic acids is 1. The number of aliphatic carboxylic acids is 1. The lowest BCUT2D eigenvalue weighted by Gasteiger charge is -2.03. The number of rotatable bonds is 1. The van der Waals surface area contributed by atoms with Crippen LogP contribution in [0.1, 0.15) is 0 Å². The SMILES string of the molecule is NC1=N[C@H](C(=O)[O-])CS1. The number of hydrogen-bond acceptors (Lipinski definition) is 5. The zero-order valence-corrected chi connectivity index (χ0v) is 5.35.